The van der Waals surface area contributed by atoms with Crippen LogP contribution in [0, 0.1) is 23.2 Å². The van der Waals surface area contributed by atoms with Crippen LogP contribution in [0.3, 0.4) is 0 Å². The minimum absolute atomic E-state index is 0.151. The largest absolute Gasteiger partial charge is 0.396 e. The third-order valence-electron chi connectivity index (χ3n) is 4.76. The average molecular weight is 255 g/mol. The van der Waals surface area contributed by atoms with Gasteiger partial charge in [-0.3, -0.25) is 4.79 Å². The molecule has 1 aliphatic carbocycles. The lowest BCUT2D eigenvalue weighted by molar-refractivity contribution is -0.126. The lowest BCUT2D eigenvalue weighted by atomic mass is 9.80. The Bertz CT molecular complexity index is 266. The maximum absolute atomic E-state index is 12.1. The van der Waals surface area contributed by atoms with Crippen LogP contribution in [0.1, 0.15) is 53.4 Å². The first kappa shape index (κ1) is 15.5. The van der Waals surface area contributed by atoms with Crippen molar-refractivity contribution < 1.29 is 9.90 Å². The third-order valence-corrected chi connectivity index (χ3v) is 4.76. The van der Waals surface area contributed by atoms with Crippen LogP contribution in [-0.4, -0.2) is 24.2 Å². The molecule has 106 valence electrons. The Kier molecular flexibility index (Phi) is 5.64. The van der Waals surface area contributed by atoms with Gasteiger partial charge in [-0.2, -0.15) is 0 Å². The van der Waals surface area contributed by atoms with Gasteiger partial charge in [-0.1, -0.05) is 27.7 Å². The van der Waals surface area contributed by atoms with Gasteiger partial charge in [-0.05, 0) is 42.9 Å². The Balaban J connectivity index is 2.34. The first-order chi connectivity index (χ1) is 8.36. The number of rotatable bonds is 5. The summed E-state index contributed by atoms with van der Waals surface area (Å²) in [7, 11) is 0. The van der Waals surface area contributed by atoms with E-state index in [1.807, 2.05) is 0 Å². The summed E-state index contributed by atoms with van der Waals surface area (Å²) >= 11 is 0. The minimum Gasteiger partial charge on any atom is -0.396 e. The summed E-state index contributed by atoms with van der Waals surface area (Å²) in [5, 5.41) is 12.2. The van der Waals surface area contributed by atoms with E-state index in [-0.39, 0.29) is 23.8 Å². The maximum Gasteiger partial charge on any atom is 0.223 e. The van der Waals surface area contributed by atoms with Crippen molar-refractivity contribution in [2.75, 3.05) is 13.2 Å². The van der Waals surface area contributed by atoms with E-state index in [9.17, 15) is 4.79 Å². The predicted octanol–water partition coefficient (Wildman–Crippen LogP) is 2.58. The van der Waals surface area contributed by atoms with Gasteiger partial charge in [-0.25, -0.2) is 0 Å². The molecule has 0 unspecified atom stereocenters. The Hall–Kier alpha value is -0.570. The van der Waals surface area contributed by atoms with E-state index < -0.39 is 0 Å². The normalized spacial score (nSPS) is 25.2. The molecule has 0 aromatic heterocycles. The van der Waals surface area contributed by atoms with Crippen molar-refractivity contribution in [3.05, 3.63) is 0 Å². The van der Waals surface area contributed by atoms with Gasteiger partial charge < -0.3 is 10.4 Å². The van der Waals surface area contributed by atoms with Crippen molar-refractivity contribution in [3.63, 3.8) is 0 Å². The number of hydrogen-bond donors (Lipinski definition) is 2. The lowest BCUT2D eigenvalue weighted by Crippen LogP contribution is -2.40. The fourth-order valence-electron chi connectivity index (χ4n) is 2.27. The molecule has 0 radical (unpaired) electrons. The number of hydrogen-bond acceptors (Lipinski definition) is 2. The smallest absolute Gasteiger partial charge is 0.223 e. The first-order valence-corrected chi connectivity index (χ1v) is 7.25. The maximum atomic E-state index is 12.1. The number of amides is 1. The van der Waals surface area contributed by atoms with Gasteiger partial charge in [0.1, 0.15) is 0 Å². The minimum atomic E-state index is 0.151. The van der Waals surface area contributed by atoms with Crippen molar-refractivity contribution in [3.8, 4) is 0 Å². The van der Waals surface area contributed by atoms with E-state index in [0.29, 0.717) is 11.8 Å². The Morgan fingerprint density at radius 2 is 1.83 bits per heavy atom. The monoisotopic (exact) mass is 255 g/mol. The summed E-state index contributed by atoms with van der Waals surface area (Å²) < 4.78 is 0. The summed E-state index contributed by atoms with van der Waals surface area (Å²) in [6.07, 6.45) is 3.84. The van der Waals surface area contributed by atoms with Crippen LogP contribution in [0.2, 0.25) is 0 Å². The Labute approximate surface area is 111 Å². The van der Waals surface area contributed by atoms with Crippen LogP contribution in [0.5, 0.6) is 0 Å². The zero-order valence-corrected chi connectivity index (χ0v) is 12.3. The zero-order chi connectivity index (χ0) is 13.8. The van der Waals surface area contributed by atoms with Gasteiger partial charge in [0.05, 0.1) is 0 Å². The fourth-order valence-corrected chi connectivity index (χ4v) is 2.27. The highest BCUT2D eigenvalue weighted by Gasteiger charge is 2.28. The van der Waals surface area contributed by atoms with Crippen molar-refractivity contribution in [2.45, 2.75) is 53.4 Å². The molecule has 0 aromatic rings. The van der Waals surface area contributed by atoms with Crippen molar-refractivity contribution in [1.29, 1.82) is 0 Å². The van der Waals surface area contributed by atoms with Crippen molar-refractivity contribution >= 4 is 5.91 Å². The molecule has 0 atom stereocenters. The van der Waals surface area contributed by atoms with Crippen LogP contribution in [0.15, 0.2) is 0 Å². The molecule has 0 aromatic carbocycles. The molecule has 0 heterocycles. The van der Waals surface area contributed by atoms with Gasteiger partial charge >= 0.3 is 0 Å². The van der Waals surface area contributed by atoms with Gasteiger partial charge in [0.15, 0.2) is 0 Å². The van der Waals surface area contributed by atoms with E-state index in [0.717, 1.165) is 32.2 Å². The third kappa shape index (κ3) is 4.27. The second-order valence-electron chi connectivity index (χ2n) is 6.76. The fraction of sp³-hybridized carbons (Fsp3) is 0.933. The topological polar surface area (TPSA) is 49.3 Å². The second-order valence-corrected chi connectivity index (χ2v) is 6.76. The van der Waals surface area contributed by atoms with Gasteiger partial charge in [0, 0.05) is 19.1 Å². The summed E-state index contributed by atoms with van der Waals surface area (Å²) in [6, 6.07) is 0. The highest BCUT2D eigenvalue weighted by atomic mass is 16.3. The van der Waals surface area contributed by atoms with E-state index in [2.05, 4.69) is 33.0 Å². The van der Waals surface area contributed by atoms with Crippen LogP contribution in [0.4, 0.5) is 0 Å². The summed E-state index contributed by atoms with van der Waals surface area (Å²) in [4.78, 5) is 12.1. The molecule has 1 fully saturated rings. The van der Waals surface area contributed by atoms with Crippen molar-refractivity contribution in [2.24, 2.45) is 23.2 Å². The van der Waals surface area contributed by atoms with E-state index >= 15 is 0 Å². The molecule has 2 N–H and O–H groups in total. The number of nitrogens with one attached hydrogen (secondary N) is 1. The number of aliphatic hydroxyl groups is 1. The highest BCUT2D eigenvalue weighted by molar-refractivity contribution is 5.78. The molecule has 1 amide bonds. The van der Waals surface area contributed by atoms with Crippen LogP contribution < -0.4 is 5.32 Å². The Morgan fingerprint density at radius 3 is 2.28 bits per heavy atom. The van der Waals surface area contributed by atoms with E-state index in [1.165, 1.54) is 0 Å². The molecule has 3 nitrogen and oxygen atoms in total. The van der Waals surface area contributed by atoms with E-state index in [1.54, 1.807) is 0 Å². The molecule has 0 bridgehead atoms. The molecule has 0 aliphatic heterocycles. The summed E-state index contributed by atoms with van der Waals surface area (Å²) in [5.41, 5.74) is 0.151. The Morgan fingerprint density at radius 1 is 1.28 bits per heavy atom. The molecule has 1 aliphatic rings. The molecule has 3 heteroatoms. The van der Waals surface area contributed by atoms with Crippen LogP contribution in [0.25, 0.3) is 0 Å². The van der Waals surface area contributed by atoms with Crippen molar-refractivity contribution in [1.82, 2.24) is 5.32 Å². The number of aliphatic hydroxyl groups excluding tert-OH is 1. The molecule has 1 saturated carbocycles. The molecular weight excluding hydrogens is 226 g/mol. The van der Waals surface area contributed by atoms with Crippen LogP contribution in [-0.2, 0) is 4.79 Å². The number of carbonyl (C=O) groups is 1. The molecule has 0 spiro atoms. The lowest BCUT2D eigenvalue weighted by Gasteiger charge is -2.31. The number of carbonyl (C=O) groups excluding carboxylic acids is 1. The van der Waals surface area contributed by atoms with Gasteiger partial charge in [0.2, 0.25) is 5.91 Å². The molecular formula is C15H29NO2. The van der Waals surface area contributed by atoms with Crippen LogP contribution >= 0.6 is 0 Å². The highest BCUT2D eigenvalue weighted by Crippen LogP contribution is 2.29. The first-order valence-electron chi connectivity index (χ1n) is 7.25. The summed E-state index contributed by atoms with van der Waals surface area (Å²) in [6.45, 7) is 9.80. The standard InChI is InChI=1S/C15H29NO2/c1-11(2)15(3,4)10-16-14(18)13-7-5-12(9-17)6-8-13/h11-13,17H,5-10H2,1-4H3,(H,16,18). The van der Waals surface area contributed by atoms with E-state index in [4.69, 9.17) is 5.11 Å². The average Bonchev–Trinajstić information content (AvgIpc) is 2.36. The second kappa shape index (κ2) is 6.55. The SMILES string of the molecule is CC(C)C(C)(C)CNC(=O)C1CCC(CO)CC1. The molecule has 0 saturated heterocycles. The molecule has 1 rings (SSSR count). The predicted molar refractivity (Wildman–Crippen MR) is 74.2 cm³/mol. The molecule has 18 heavy (non-hydrogen) atoms. The van der Waals surface area contributed by atoms with Gasteiger partial charge in [-0.15, -0.1) is 0 Å². The van der Waals surface area contributed by atoms with Gasteiger partial charge in [0.25, 0.3) is 0 Å². The summed E-state index contributed by atoms with van der Waals surface area (Å²) in [5.74, 6) is 1.35. The zero-order valence-electron chi connectivity index (χ0n) is 12.3. The quantitative estimate of drug-likeness (QED) is 0.793.